The summed E-state index contributed by atoms with van der Waals surface area (Å²) in [5, 5.41) is 15.5. The van der Waals surface area contributed by atoms with E-state index in [-0.39, 0.29) is 17.6 Å². The van der Waals surface area contributed by atoms with E-state index in [2.05, 4.69) is 20.1 Å². The van der Waals surface area contributed by atoms with Crippen LogP contribution in [0.3, 0.4) is 0 Å². The minimum Gasteiger partial charge on any atom is -0.298 e. The van der Waals surface area contributed by atoms with Gasteiger partial charge in [0, 0.05) is 6.04 Å². The van der Waals surface area contributed by atoms with Gasteiger partial charge in [-0.1, -0.05) is 23.9 Å². The second kappa shape index (κ2) is 7.11. The van der Waals surface area contributed by atoms with E-state index in [9.17, 15) is 9.59 Å². The number of rotatable bonds is 6. The third kappa shape index (κ3) is 3.68. The number of aromatic nitrogens is 3. The highest BCUT2D eigenvalue weighted by Crippen LogP contribution is 2.41. The number of thioether (sulfide) groups is 1. The Morgan fingerprint density at radius 1 is 1.20 bits per heavy atom. The lowest BCUT2D eigenvalue weighted by Crippen LogP contribution is -2.31. The molecule has 0 unspecified atom stereocenters. The number of carbonyl (C=O) groups is 2. The zero-order valence-corrected chi connectivity index (χ0v) is 15.5. The van der Waals surface area contributed by atoms with E-state index < -0.39 is 0 Å². The molecule has 1 saturated carbocycles. The summed E-state index contributed by atoms with van der Waals surface area (Å²) in [5.41, 5.74) is 0. The van der Waals surface area contributed by atoms with Crippen LogP contribution in [-0.2, 0) is 4.79 Å². The lowest BCUT2D eigenvalue weighted by Gasteiger charge is -2.07. The maximum absolute atomic E-state index is 12.1. The lowest BCUT2D eigenvalue weighted by molar-refractivity contribution is -0.117. The molecule has 25 heavy (non-hydrogen) atoms. The van der Waals surface area contributed by atoms with Gasteiger partial charge in [0.15, 0.2) is 11.0 Å². The van der Waals surface area contributed by atoms with Crippen LogP contribution in [-0.4, -0.2) is 32.3 Å². The molecule has 3 aromatic rings. The van der Waals surface area contributed by atoms with Crippen molar-refractivity contribution in [3.8, 4) is 10.7 Å². The van der Waals surface area contributed by atoms with Crippen LogP contribution in [0, 0.1) is 0 Å². The maximum atomic E-state index is 12.1. The fourth-order valence-corrected chi connectivity index (χ4v) is 4.50. The summed E-state index contributed by atoms with van der Waals surface area (Å²) in [6.45, 7) is 0. The quantitative estimate of drug-likeness (QED) is 0.652. The second-order valence-electron chi connectivity index (χ2n) is 5.53. The fourth-order valence-electron chi connectivity index (χ4n) is 2.37. The maximum Gasteiger partial charge on any atom is 0.267 e. The van der Waals surface area contributed by atoms with Crippen LogP contribution in [0.15, 0.2) is 40.2 Å². The van der Waals surface area contributed by atoms with Gasteiger partial charge in [0.05, 0.1) is 15.5 Å². The van der Waals surface area contributed by atoms with Crippen molar-refractivity contribution in [3.05, 3.63) is 39.9 Å². The zero-order valence-electron chi connectivity index (χ0n) is 13.0. The first-order valence-corrected chi connectivity index (χ1v) is 10.5. The standard InChI is InChI=1S/C16H14N4O2S3/c21-13(17-15(22)12-4-2-8-24-12)9-25-16-19-18-14(11-3-1-7-23-11)20(16)10-5-6-10/h1-4,7-8,10H,5-6,9H2,(H,17,21,22). The molecule has 3 aromatic heterocycles. The van der Waals surface area contributed by atoms with Crippen LogP contribution in [0.25, 0.3) is 10.7 Å². The topological polar surface area (TPSA) is 76.9 Å². The number of carbonyl (C=O) groups excluding carboxylic acids is 2. The first-order chi connectivity index (χ1) is 12.2. The Morgan fingerprint density at radius 3 is 2.68 bits per heavy atom. The van der Waals surface area contributed by atoms with Gasteiger partial charge >= 0.3 is 0 Å². The summed E-state index contributed by atoms with van der Waals surface area (Å²) < 4.78 is 2.12. The Balaban J connectivity index is 1.43. The van der Waals surface area contributed by atoms with Gasteiger partial charge in [-0.2, -0.15) is 0 Å². The van der Waals surface area contributed by atoms with E-state index >= 15 is 0 Å². The number of amides is 2. The fraction of sp³-hybridized carbons (Fsp3) is 0.250. The van der Waals surface area contributed by atoms with Crippen molar-refractivity contribution in [2.75, 3.05) is 5.75 Å². The van der Waals surface area contributed by atoms with Gasteiger partial charge in [-0.3, -0.25) is 19.5 Å². The summed E-state index contributed by atoms with van der Waals surface area (Å²) in [5.74, 6) is 0.303. The minimum absolute atomic E-state index is 0.131. The molecule has 0 atom stereocenters. The smallest absolute Gasteiger partial charge is 0.267 e. The van der Waals surface area contributed by atoms with Gasteiger partial charge < -0.3 is 0 Å². The van der Waals surface area contributed by atoms with Crippen molar-refractivity contribution in [1.29, 1.82) is 0 Å². The van der Waals surface area contributed by atoms with Crippen LogP contribution < -0.4 is 5.32 Å². The Hall–Kier alpha value is -1.97. The SMILES string of the molecule is O=C(CSc1nnc(-c2cccs2)n1C1CC1)NC(=O)c1cccs1. The van der Waals surface area contributed by atoms with Gasteiger partial charge in [-0.25, -0.2) is 0 Å². The predicted octanol–water partition coefficient (Wildman–Crippen LogP) is 3.45. The second-order valence-corrected chi connectivity index (χ2v) is 8.37. The first kappa shape index (κ1) is 16.5. The van der Waals surface area contributed by atoms with E-state index in [4.69, 9.17) is 0 Å². The summed E-state index contributed by atoms with van der Waals surface area (Å²) >= 11 is 4.25. The van der Waals surface area contributed by atoms with Crippen molar-refractivity contribution < 1.29 is 9.59 Å². The Kier molecular flexibility index (Phi) is 4.69. The molecule has 0 aromatic carbocycles. The van der Waals surface area contributed by atoms with Crippen LogP contribution >= 0.6 is 34.4 Å². The minimum atomic E-state index is -0.358. The van der Waals surface area contributed by atoms with Gasteiger partial charge in [0.2, 0.25) is 5.91 Å². The van der Waals surface area contributed by atoms with Gasteiger partial charge in [-0.05, 0) is 35.7 Å². The average molecular weight is 391 g/mol. The Labute approximate surface area is 156 Å². The highest BCUT2D eigenvalue weighted by molar-refractivity contribution is 7.99. The molecule has 9 heteroatoms. The molecule has 0 radical (unpaired) electrons. The number of hydrogen-bond donors (Lipinski definition) is 1. The largest absolute Gasteiger partial charge is 0.298 e. The number of nitrogens with zero attached hydrogens (tertiary/aromatic N) is 3. The summed E-state index contributed by atoms with van der Waals surface area (Å²) in [4.78, 5) is 25.6. The summed E-state index contributed by atoms with van der Waals surface area (Å²) in [6.07, 6.45) is 2.21. The van der Waals surface area contributed by atoms with E-state index in [0.29, 0.717) is 10.9 Å². The average Bonchev–Trinajstić information content (AvgIpc) is 3.06. The molecule has 0 spiro atoms. The van der Waals surface area contributed by atoms with Gasteiger partial charge in [0.25, 0.3) is 5.91 Å². The van der Waals surface area contributed by atoms with Crippen LogP contribution in [0.2, 0.25) is 0 Å². The predicted molar refractivity (Wildman–Crippen MR) is 99.1 cm³/mol. The molecule has 1 fully saturated rings. The third-order valence-corrected chi connectivity index (χ3v) is 6.33. The number of imide groups is 1. The number of nitrogens with one attached hydrogen (secondary N) is 1. The molecule has 1 aliphatic rings. The summed E-state index contributed by atoms with van der Waals surface area (Å²) in [7, 11) is 0. The molecular formula is C16H14N4O2S3. The van der Waals surface area contributed by atoms with Crippen LogP contribution in [0.4, 0.5) is 0 Å². The van der Waals surface area contributed by atoms with E-state index in [1.807, 2.05) is 17.5 Å². The molecule has 1 N–H and O–H groups in total. The molecule has 128 valence electrons. The molecule has 0 bridgehead atoms. The molecule has 1 aliphatic carbocycles. The van der Waals surface area contributed by atoms with Crippen LogP contribution in [0.1, 0.15) is 28.6 Å². The first-order valence-electron chi connectivity index (χ1n) is 7.71. The summed E-state index contributed by atoms with van der Waals surface area (Å²) in [6, 6.07) is 7.89. The molecular weight excluding hydrogens is 376 g/mol. The van der Waals surface area contributed by atoms with Crippen molar-refractivity contribution in [2.24, 2.45) is 0 Å². The number of hydrogen-bond acceptors (Lipinski definition) is 7. The Bertz CT molecular complexity index is 883. The molecule has 6 nitrogen and oxygen atoms in total. The van der Waals surface area contributed by atoms with Crippen molar-refractivity contribution in [1.82, 2.24) is 20.1 Å². The molecule has 2 amide bonds. The zero-order chi connectivity index (χ0) is 17.2. The molecule has 3 heterocycles. The number of thiophene rings is 2. The highest BCUT2D eigenvalue weighted by atomic mass is 32.2. The highest BCUT2D eigenvalue weighted by Gasteiger charge is 2.30. The molecule has 0 aliphatic heterocycles. The van der Waals surface area contributed by atoms with Gasteiger partial charge in [0.1, 0.15) is 0 Å². The van der Waals surface area contributed by atoms with E-state index in [1.54, 1.807) is 28.8 Å². The monoisotopic (exact) mass is 390 g/mol. The van der Waals surface area contributed by atoms with Gasteiger partial charge in [-0.15, -0.1) is 32.9 Å². The van der Waals surface area contributed by atoms with E-state index in [1.165, 1.54) is 23.1 Å². The van der Waals surface area contributed by atoms with Crippen molar-refractivity contribution in [3.63, 3.8) is 0 Å². The van der Waals surface area contributed by atoms with E-state index in [0.717, 1.165) is 28.7 Å². The van der Waals surface area contributed by atoms with Crippen molar-refractivity contribution >= 4 is 46.2 Å². The molecule has 0 saturated heterocycles. The van der Waals surface area contributed by atoms with Crippen molar-refractivity contribution in [2.45, 2.75) is 24.0 Å². The molecule has 4 rings (SSSR count). The lowest BCUT2D eigenvalue weighted by atomic mass is 10.4. The Morgan fingerprint density at radius 2 is 2.00 bits per heavy atom. The van der Waals surface area contributed by atoms with Crippen LogP contribution in [0.5, 0.6) is 0 Å². The third-order valence-electron chi connectivity index (χ3n) is 3.65. The normalized spacial score (nSPS) is 13.8.